The van der Waals surface area contributed by atoms with Crippen LogP contribution in [0.2, 0.25) is 0 Å². The fourth-order valence-electron chi connectivity index (χ4n) is 0.861. The van der Waals surface area contributed by atoms with Crippen LogP contribution in [0.25, 0.3) is 0 Å². The lowest BCUT2D eigenvalue weighted by molar-refractivity contribution is 1.35. The zero-order valence-corrected chi connectivity index (χ0v) is 8.31. The van der Waals surface area contributed by atoms with Crippen LogP contribution < -0.4 is 11.5 Å². The molecule has 0 aliphatic carbocycles. The highest BCUT2D eigenvalue weighted by molar-refractivity contribution is 5.65. The third-order valence-electron chi connectivity index (χ3n) is 1.70. The number of anilines is 2. The highest BCUT2D eigenvalue weighted by Crippen LogP contribution is 2.18. The van der Waals surface area contributed by atoms with Crippen LogP contribution >= 0.6 is 0 Å². The quantitative estimate of drug-likeness (QED) is 0.582. The molecule has 0 heterocycles. The fourth-order valence-corrected chi connectivity index (χ4v) is 0.861. The Balaban J connectivity index is 0.000000561. The first kappa shape index (κ1) is 10.8. The van der Waals surface area contributed by atoms with Gasteiger partial charge < -0.3 is 11.5 Å². The Morgan fingerprint density at radius 1 is 0.833 bits per heavy atom. The summed E-state index contributed by atoms with van der Waals surface area (Å²) in [5.41, 5.74) is 14.8. The average molecular weight is 166 g/mol. The molecule has 0 saturated heterocycles. The molecule has 68 valence electrons. The van der Waals surface area contributed by atoms with Gasteiger partial charge in [0.1, 0.15) is 0 Å². The molecule has 1 aromatic rings. The fraction of sp³-hybridized carbons (Fsp3) is 0.400. The molecular weight excluding hydrogens is 148 g/mol. The standard InChI is InChI=1S/C8H12N2.C2H6/c1-5-3-7(9)8(10)4-6(5)2;1-2/h3-4H,9-10H2,1-2H3;1-2H3. The van der Waals surface area contributed by atoms with E-state index in [1.54, 1.807) is 0 Å². The van der Waals surface area contributed by atoms with E-state index in [2.05, 4.69) is 0 Å². The maximum Gasteiger partial charge on any atom is 0.0550 e. The van der Waals surface area contributed by atoms with Gasteiger partial charge in [-0.05, 0) is 37.1 Å². The summed E-state index contributed by atoms with van der Waals surface area (Å²) in [6.45, 7) is 8.04. The first-order chi connectivity index (χ1) is 5.61. The third-order valence-corrected chi connectivity index (χ3v) is 1.70. The van der Waals surface area contributed by atoms with Crippen molar-refractivity contribution in [2.24, 2.45) is 0 Å². The van der Waals surface area contributed by atoms with Gasteiger partial charge in [-0.1, -0.05) is 13.8 Å². The SMILES string of the molecule is CC.Cc1cc(N)c(N)cc1C. The summed E-state index contributed by atoms with van der Waals surface area (Å²) < 4.78 is 0. The van der Waals surface area contributed by atoms with Crippen molar-refractivity contribution < 1.29 is 0 Å². The van der Waals surface area contributed by atoms with Crippen molar-refractivity contribution in [1.29, 1.82) is 0 Å². The Hall–Kier alpha value is -1.18. The van der Waals surface area contributed by atoms with Crippen LogP contribution in [0.15, 0.2) is 12.1 Å². The van der Waals surface area contributed by atoms with E-state index in [1.807, 2.05) is 39.8 Å². The first-order valence-corrected chi connectivity index (χ1v) is 4.23. The number of nitrogen functional groups attached to an aromatic ring is 2. The molecule has 0 aromatic heterocycles. The summed E-state index contributed by atoms with van der Waals surface area (Å²) in [5, 5.41) is 0. The van der Waals surface area contributed by atoms with E-state index >= 15 is 0 Å². The Labute approximate surface area is 74.6 Å². The second-order valence-corrected chi connectivity index (χ2v) is 2.57. The Morgan fingerprint density at radius 2 is 1.08 bits per heavy atom. The Morgan fingerprint density at radius 3 is 1.33 bits per heavy atom. The van der Waals surface area contributed by atoms with Crippen molar-refractivity contribution in [3.05, 3.63) is 23.3 Å². The molecule has 1 aromatic carbocycles. The summed E-state index contributed by atoms with van der Waals surface area (Å²) in [6, 6.07) is 3.79. The van der Waals surface area contributed by atoms with Crippen LogP contribution in [-0.4, -0.2) is 0 Å². The number of aryl methyl sites for hydroxylation is 2. The maximum absolute atomic E-state index is 5.56. The molecule has 1 rings (SSSR count). The number of benzene rings is 1. The van der Waals surface area contributed by atoms with Gasteiger partial charge in [0.25, 0.3) is 0 Å². The smallest absolute Gasteiger partial charge is 0.0550 e. The molecule has 12 heavy (non-hydrogen) atoms. The predicted molar refractivity (Wildman–Crippen MR) is 56.1 cm³/mol. The van der Waals surface area contributed by atoms with E-state index in [-0.39, 0.29) is 0 Å². The zero-order valence-electron chi connectivity index (χ0n) is 8.31. The summed E-state index contributed by atoms with van der Waals surface area (Å²) in [4.78, 5) is 0. The van der Waals surface area contributed by atoms with Gasteiger partial charge >= 0.3 is 0 Å². The van der Waals surface area contributed by atoms with Crippen LogP contribution in [0.4, 0.5) is 11.4 Å². The van der Waals surface area contributed by atoms with Crippen molar-refractivity contribution in [1.82, 2.24) is 0 Å². The van der Waals surface area contributed by atoms with Crippen molar-refractivity contribution in [2.75, 3.05) is 11.5 Å². The molecule has 0 saturated carbocycles. The molecule has 0 radical (unpaired) electrons. The second-order valence-electron chi connectivity index (χ2n) is 2.57. The zero-order chi connectivity index (χ0) is 9.72. The van der Waals surface area contributed by atoms with E-state index in [4.69, 9.17) is 11.5 Å². The normalized spacial score (nSPS) is 8.67. The molecule has 0 amide bonds. The van der Waals surface area contributed by atoms with Crippen LogP contribution in [0.5, 0.6) is 0 Å². The van der Waals surface area contributed by atoms with Crippen LogP contribution in [0.1, 0.15) is 25.0 Å². The molecule has 0 atom stereocenters. The van der Waals surface area contributed by atoms with Gasteiger partial charge in [0.15, 0.2) is 0 Å². The van der Waals surface area contributed by atoms with Crippen molar-refractivity contribution >= 4 is 11.4 Å². The number of nitrogens with two attached hydrogens (primary N) is 2. The van der Waals surface area contributed by atoms with Crippen molar-refractivity contribution in [3.8, 4) is 0 Å². The highest BCUT2D eigenvalue weighted by Gasteiger charge is 1.96. The minimum Gasteiger partial charge on any atom is -0.397 e. The lowest BCUT2D eigenvalue weighted by Crippen LogP contribution is -1.96. The van der Waals surface area contributed by atoms with Gasteiger partial charge in [-0.25, -0.2) is 0 Å². The van der Waals surface area contributed by atoms with Crippen molar-refractivity contribution in [3.63, 3.8) is 0 Å². The third kappa shape index (κ3) is 2.46. The molecule has 0 fully saturated rings. The van der Waals surface area contributed by atoms with E-state index in [1.165, 1.54) is 11.1 Å². The van der Waals surface area contributed by atoms with Gasteiger partial charge in [-0.2, -0.15) is 0 Å². The van der Waals surface area contributed by atoms with Gasteiger partial charge in [-0.3, -0.25) is 0 Å². The van der Waals surface area contributed by atoms with Crippen LogP contribution in [0.3, 0.4) is 0 Å². The minimum atomic E-state index is 0.670. The largest absolute Gasteiger partial charge is 0.397 e. The topological polar surface area (TPSA) is 52.0 Å². The summed E-state index contributed by atoms with van der Waals surface area (Å²) in [7, 11) is 0. The Bertz CT molecular complexity index is 204. The molecular formula is C10H18N2. The van der Waals surface area contributed by atoms with E-state index in [0.29, 0.717) is 11.4 Å². The van der Waals surface area contributed by atoms with Gasteiger partial charge in [0.05, 0.1) is 11.4 Å². The molecule has 2 heteroatoms. The average Bonchev–Trinajstić information content (AvgIpc) is 2.05. The van der Waals surface area contributed by atoms with Crippen LogP contribution in [-0.2, 0) is 0 Å². The van der Waals surface area contributed by atoms with E-state index < -0.39 is 0 Å². The van der Waals surface area contributed by atoms with Crippen LogP contribution in [0, 0.1) is 13.8 Å². The lowest BCUT2D eigenvalue weighted by atomic mass is 10.1. The number of hydrogen-bond acceptors (Lipinski definition) is 2. The minimum absolute atomic E-state index is 0.670. The maximum atomic E-state index is 5.56. The van der Waals surface area contributed by atoms with Gasteiger partial charge in [0.2, 0.25) is 0 Å². The predicted octanol–water partition coefficient (Wildman–Crippen LogP) is 2.49. The van der Waals surface area contributed by atoms with E-state index in [9.17, 15) is 0 Å². The monoisotopic (exact) mass is 166 g/mol. The first-order valence-electron chi connectivity index (χ1n) is 4.23. The Kier molecular flexibility index (Phi) is 4.19. The molecule has 0 unspecified atom stereocenters. The molecule has 0 spiro atoms. The highest BCUT2D eigenvalue weighted by atomic mass is 14.7. The molecule has 2 nitrogen and oxygen atoms in total. The molecule has 0 aliphatic heterocycles. The van der Waals surface area contributed by atoms with Gasteiger partial charge in [0, 0.05) is 0 Å². The molecule has 0 aliphatic rings. The molecule has 0 bridgehead atoms. The number of hydrogen-bond donors (Lipinski definition) is 2. The summed E-state index contributed by atoms with van der Waals surface area (Å²) in [5.74, 6) is 0. The summed E-state index contributed by atoms with van der Waals surface area (Å²) >= 11 is 0. The number of rotatable bonds is 0. The molecule has 4 N–H and O–H groups in total. The lowest BCUT2D eigenvalue weighted by Gasteiger charge is -2.03. The van der Waals surface area contributed by atoms with E-state index in [0.717, 1.165) is 0 Å². The second kappa shape index (κ2) is 4.65. The van der Waals surface area contributed by atoms with Gasteiger partial charge in [-0.15, -0.1) is 0 Å². The summed E-state index contributed by atoms with van der Waals surface area (Å²) in [6.07, 6.45) is 0. The van der Waals surface area contributed by atoms with Crippen molar-refractivity contribution in [2.45, 2.75) is 27.7 Å².